The number of benzene rings is 1. The number of hydrogen-bond acceptors (Lipinski definition) is 1. The Labute approximate surface area is 130 Å². The standard InChI is InChI=1S/C20H31N/c1-16-8-9-18(12-17(16)2)20(15-21-3)13-19(14-20)10-6-4-5-7-11-19/h8-9,12,21H,4-7,10-11,13-15H2,1-3H3. The third-order valence-electron chi connectivity index (χ3n) is 6.23. The van der Waals surface area contributed by atoms with Gasteiger partial charge in [-0.05, 0) is 68.7 Å². The molecule has 116 valence electrons. The summed E-state index contributed by atoms with van der Waals surface area (Å²) in [4.78, 5) is 0. The molecule has 0 bridgehead atoms. The minimum atomic E-state index is 0.400. The zero-order chi connectivity index (χ0) is 14.9. The topological polar surface area (TPSA) is 12.0 Å². The molecule has 0 radical (unpaired) electrons. The van der Waals surface area contributed by atoms with Gasteiger partial charge in [0.2, 0.25) is 0 Å². The maximum atomic E-state index is 3.48. The highest BCUT2D eigenvalue weighted by molar-refractivity contribution is 5.38. The van der Waals surface area contributed by atoms with Gasteiger partial charge < -0.3 is 5.32 Å². The molecule has 0 aliphatic heterocycles. The zero-order valence-corrected chi connectivity index (χ0v) is 14.1. The molecule has 1 spiro atoms. The molecule has 0 atom stereocenters. The van der Waals surface area contributed by atoms with Gasteiger partial charge in [0.05, 0.1) is 0 Å². The Kier molecular flexibility index (Phi) is 4.14. The molecule has 0 amide bonds. The summed E-state index contributed by atoms with van der Waals surface area (Å²) in [6.07, 6.45) is 11.6. The fourth-order valence-electron chi connectivity index (χ4n) is 5.06. The van der Waals surface area contributed by atoms with Crippen molar-refractivity contribution in [2.75, 3.05) is 13.6 Å². The second-order valence-corrected chi connectivity index (χ2v) is 7.88. The Bertz CT molecular complexity index is 487. The van der Waals surface area contributed by atoms with Crippen molar-refractivity contribution in [1.29, 1.82) is 0 Å². The minimum Gasteiger partial charge on any atom is -0.319 e. The SMILES string of the molecule is CNCC1(c2ccc(C)c(C)c2)CC2(CCCCCC2)C1. The lowest BCUT2D eigenvalue weighted by Crippen LogP contribution is -2.54. The Morgan fingerprint density at radius 3 is 2.19 bits per heavy atom. The average molecular weight is 285 g/mol. The monoisotopic (exact) mass is 285 g/mol. The van der Waals surface area contributed by atoms with E-state index in [9.17, 15) is 0 Å². The van der Waals surface area contributed by atoms with Crippen LogP contribution in [0, 0.1) is 19.3 Å². The molecule has 2 saturated carbocycles. The average Bonchev–Trinajstić information content (AvgIpc) is 2.67. The Morgan fingerprint density at radius 1 is 0.952 bits per heavy atom. The quantitative estimate of drug-likeness (QED) is 0.833. The van der Waals surface area contributed by atoms with Crippen molar-refractivity contribution in [2.24, 2.45) is 5.41 Å². The molecular formula is C20H31N. The molecule has 21 heavy (non-hydrogen) atoms. The van der Waals surface area contributed by atoms with Crippen LogP contribution in [0.25, 0.3) is 0 Å². The Morgan fingerprint density at radius 2 is 1.62 bits per heavy atom. The van der Waals surface area contributed by atoms with Gasteiger partial charge in [0.25, 0.3) is 0 Å². The van der Waals surface area contributed by atoms with Gasteiger partial charge in [0.15, 0.2) is 0 Å². The Hall–Kier alpha value is -0.820. The smallest absolute Gasteiger partial charge is 0.00883 e. The van der Waals surface area contributed by atoms with Crippen LogP contribution in [0.3, 0.4) is 0 Å². The van der Waals surface area contributed by atoms with Crippen LogP contribution < -0.4 is 5.32 Å². The van der Waals surface area contributed by atoms with Crippen LogP contribution >= 0.6 is 0 Å². The van der Waals surface area contributed by atoms with E-state index in [2.05, 4.69) is 44.4 Å². The van der Waals surface area contributed by atoms with Crippen LogP contribution in [0.15, 0.2) is 18.2 Å². The first kappa shape index (κ1) is 15.1. The van der Waals surface area contributed by atoms with Gasteiger partial charge in [-0.15, -0.1) is 0 Å². The maximum absolute atomic E-state index is 3.48. The molecule has 0 unspecified atom stereocenters. The first-order valence-corrected chi connectivity index (χ1v) is 8.82. The molecule has 0 aromatic heterocycles. The van der Waals surface area contributed by atoms with Crippen LogP contribution in [-0.4, -0.2) is 13.6 Å². The lowest BCUT2D eigenvalue weighted by atomic mass is 9.48. The van der Waals surface area contributed by atoms with E-state index >= 15 is 0 Å². The van der Waals surface area contributed by atoms with Crippen LogP contribution in [0.4, 0.5) is 0 Å². The molecular weight excluding hydrogens is 254 g/mol. The lowest BCUT2D eigenvalue weighted by molar-refractivity contribution is 0.00718. The van der Waals surface area contributed by atoms with Crippen molar-refractivity contribution in [1.82, 2.24) is 5.32 Å². The molecule has 3 rings (SSSR count). The molecule has 1 nitrogen and oxygen atoms in total. The molecule has 1 N–H and O–H groups in total. The fourth-order valence-corrected chi connectivity index (χ4v) is 5.06. The van der Waals surface area contributed by atoms with E-state index in [-0.39, 0.29) is 0 Å². The van der Waals surface area contributed by atoms with Gasteiger partial charge in [0.1, 0.15) is 0 Å². The first-order valence-electron chi connectivity index (χ1n) is 8.82. The van der Waals surface area contributed by atoms with Crippen LogP contribution in [0.1, 0.15) is 68.1 Å². The summed E-state index contributed by atoms with van der Waals surface area (Å²) in [6.45, 7) is 5.61. The van der Waals surface area contributed by atoms with E-state index in [4.69, 9.17) is 0 Å². The lowest BCUT2D eigenvalue weighted by Gasteiger charge is -2.57. The van der Waals surface area contributed by atoms with Gasteiger partial charge in [-0.3, -0.25) is 0 Å². The van der Waals surface area contributed by atoms with Crippen LogP contribution in [0.2, 0.25) is 0 Å². The minimum absolute atomic E-state index is 0.400. The van der Waals surface area contributed by atoms with Crippen molar-refractivity contribution >= 4 is 0 Å². The predicted octanol–water partition coefficient (Wildman–Crippen LogP) is 4.90. The Balaban J connectivity index is 1.83. The summed E-state index contributed by atoms with van der Waals surface area (Å²) in [5.41, 5.74) is 5.52. The molecule has 1 aromatic carbocycles. The summed E-state index contributed by atoms with van der Waals surface area (Å²) < 4.78 is 0. The van der Waals surface area contributed by atoms with Crippen molar-refractivity contribution in [3.8, 4) is 0 Å². The van der Waals surface area contributed by atoms with Crippen molar-refractivity contribution in [3.63, 3.8) is 0 Å². The number of nitrogens with one attached hydrogen (secondary N) is 1. The zero-order valence-electron chi connectivity index (χ0n) is 14.1. The summed E-state index contributed by atoms with van der Waals surface area (Å²) in [6, 6.07) is 7.17. The highest BCUT2D eigenvalue weighted by Crippen LogP contribution is 2.61. The van der Waals surface area contributed by atoms with Crippen molar-refractivity contribution < 1.29 is 0 Å². The second kappa shape index (κ2) is 5.76. The molecule has 2 fully saturated rings. The van der Waals surface area contributed by atoms with Gasteiger partial charge >= 0.3 is 0 Å². The first-order chi connectivity index (χ1) is 10.1. The van der Waals surface area contributed by atoms with E-state index < -0.39 is 0 Å². The van der Waals surface area contributed by atoms with E-state index in [1.807, 2.05) is 0 Å². The van der Waals surface area contributed by atoms with E-state index in [0.717, 1.165) is 6.54 Å². The number of aryl methyl sites for hydroxylation is 2. The van der Waals surface area contributed by atoms with Crippen molar-refractivity contribution in [3.05, 3.63) is 34.9 Å². The van der Waals surface area contributed by atoms with Gasteiger partial charge in [-0.2, -0.15) is 0 Å². The highest BCUT2D eigenvalue weighted by atomic mass is 14.8. The fraction of sp³-hybridized carbons (Fsp3) is 0.700. The molecule has 0 heterocycles. The molecule has 1 heteroatoms. The molecule has 1 aromatic rings. The number of hydrogen-bond donors (Lipinski definition) is 1. The molecule has 2 aliphatic carbocycles. The van der Waals surface area contributed by atoms with E-state index in [1.54, 1.807) is 5.56 Å². The van der Waals surface area contributed by atoms with Gasteiger partial charge in [0, 0.05) is 12.0 Å². The third-order valence-corrected chi connectivity index (χ3v) is 6.23. The summed E-state index contributed by atoms with van der Waals surface area (Å²) in [7, 11) is 2.11. The van der Waals surface area contributed by atoms with Crippen LogP contribution in [-0.2, 0) is 5.41 Å². The maximum Gasteiger partial charge on any atom is 0.00883 e. The normalized spacial score (nSPS) is 23.6. The van der Waals surface area contributed by atoms with E-state index in [0.29, 0.717) is 10.8 Å². The largest absolute Gasteiger partial charge is 0.319 e. The molecule has 0 saturated heterocycles. The third kappa shape index (κ3) is 2.77. The predicted molar refractivity (Wildman–Crippen MR) is 90.9 cm³/mol. The van der Waals surface area contributed by atoms with Gasteiger partial charge in [-0.25, -0.2) is 0 Å². The summed E-state index contributed by atoms with van der Waals surface area (Å²) in [5.74, 6) is 0. The van der Waals surface area contributed by atoms with E-state index in [1.165, 1.54) is 62.5 Å². The summed E-state index contributed by atoms with van der Waals surface area (Å²) in [5, 5.41) is 3.48. The molecule has 2 aliphatic rings. The number of rotatable bonds is 3. The highest BCUT2D eigenvalue weighted by Gasteiger charge is 2.54. The van der Waals surface area contributed by atoms with Crippen LogP contribution in [0.5, 0.6) is 0 Å². The van der Waals surface area contributed by atoms with Crippen molar-refractivity contribution in [2.45, 2.75) is 70.6 Å². The summed E-state index contributed by atoms with van der Waals surface area (Å²) >= 11 is 0. The number of likely N-dealkylation sites (N-methyl/N-ethyl adjacent to an activating group) is 1. The second-order valence-electron chi connectivity index (χ2n) is 7.88. The van der Waals surface area contributed by atoms with Gasteiger partial charge in [-0.1, -0.05) is 43.9 Å².